The van der Waals surface area contributed by atoms with Gasteiger partial charge in [-0.25, -0.2) is 0 Å². The fraction of sp³-hybridized carbons (Fsp3) is 0.250. The summed E-state index contributed by atoms with van der Waals surface area (Å²) in [5.74, 6) is -3.36. The summed E-state index contributed by atoms with van der Waals surface area (Å²) in [6.07, 6.45) is -1.48. The SMILES string of the molecule is CC(O)C(C(=O)[O-])N1C(=O)c2c(Br)c(Br)c(Br)c(Br)c2C1=O. The number of aliphatic hydroxyl groups excluding tert-OH is 1. The van der Waals surface area contributed by atoms with Gasteiger partial charge in [-0.1, -0.05) is 0 Å². The van der Waals surface area contributed by atoms with E-state index in [2.05, 4.69) is 63.7 Å². The topological polar surface area (TPSA) is 97.7 Å². The van der Waals surface area contributed by atoms with Crippen LogP contribution in [-0.4, -0.2) is 39.9 Å². The molecule has 2 unspecified atom stereocenters. The maximum Gasteiger partial charge on any atom is 0.263 e. The molecule has 10 heteroatoms. The third kappa shape index (κ3) is 2.58. The van der Waals surface area contributed by atoms with E-state index < -0.39 is 29.9 Å². The lowest BCUT2D eigenvalue weighted by atomic mass is 10.1. The van der Waals surface area contributed by atoms with Gasteiger partial charge in [0.05, 0.1) is 23.2 Å². The highest BCUT2D eigenvalue weighted by molar-refractivity contribution is 9.15. The van der Waals surface area contributed by atoms with E-state index in [1.807, 2.05) is 0 Å². The van der Waals surface area contributed by atoms with E-state index in [1.165, 1.54) is 6.92 Å². The number of carbonyl (C=O) groups excluding carboxylic acids is 3. The van der Waals surface area contributed by atoms with Crippen molar-refractivity contribution in [1.82, 2.24) is 4.90 Å². The third-order valence-electron chi connectivity index (χ3n) is 3.11. The standard InChI is InChI=1S/C12H7Br4NO5/c1-2(18)9(12(21)22)17-10(19)3-4(11(17)20)6(14)8(16)7(15)5(3)13/h2,9,18H,1H3,(H,21,22)/p-1. The van der Waals surface area contributed by atoms with Crippen LogP contribution in [0, 0.1) is 0 Å². The van der Waals surface area contributed by atoms with Crippen molar-refractivity contribution in [2.45, 2.75) is 19.1 Å². The molecule has 118 valence electrons. The first kappa shape index (κ1) is 18.1. The average Bonchev–Trinajstić information content (AvgIpc) is 2.67. The Kier molecular flexibility index (Phi) is 5.18. The highest BCUT2D eigenvalue weighted by Crippen LogP contribution is 2.45. The molecule has 22 heavy (non-hydrogen) atoms. The molecule has 2 amide bonds. The minimum atomic E-state index is -1.77. The highest BCUT2D eigenvalue weighted by Gasteiger charge is 2.45. The van der Waals surface area contributed by atoms with Gasteiger partial charge in [-0.3, -0.25) is 14.5 Å². The summed E-state index contributed by atoms with van der Waals surface area (Å²) >= 11 is 12.9. The first-order valence-corrected chi connectivity index (χ1v) is 8.91. The zero-order valence-electron chi connectivity index (χ0n) is 10.7. The Bertz CT molecular complexity index is 671. The molecule has 0 spiro atoms. The van der Waals surface area contributed by atoms with Crippen molar-refractivity contribution >= 4 is 81.5 Å². The number of fused-ring (bicyclic) bond motifs is 1. The van der Waals surface area contributed by atoms with E-state index in [0.717, 1.165) is 0 Å². The van der Waals surface area contributed by atoms with Crippen LogP contribution in [0.3, 0.4) is 0 Å². The first-order chi connectivity index (χ1) is 10.1. The molecular weight excluding hydrogens is 558 g/mol. The third-order valence-corrected chi connectivity index (χ3v) is 7.88. The molecule has 1 aromatic carbocycles. The van der Waals surface area contributed by atoms with E-state index in [0.29, 0.717) is 22.8 Å². The molecule has 1 N–H and O–H groups in total. The van der Waals surface area contributed by atoms with Crippen molar-refractivity contribution in [1.29, 1.82) is 0 Å². The number of rotatable bonds is 3. The lowest BCUT2D eigenvalue weighted by molar-refractivity contribution is -0.312. The first-order valence-electron chi connectivity index (χ1n) is 5.74. The zero-order valence-corrected chi connectivity index (χ0v) is 17.0. The number of aliphatic hydroxyl groups is 1. The van der Waals surface area contributed by atoms with Crippen molar-refractivity contribution in [3.05, 3.63) is 29.0 Å². The van der Waals surface area contributed by atoms with Crippen LogP contribution in [0.15, 0.2) is 17.9 Å². The predicted octanol–water partition coefficient (Wildman–Crippen LogP) is 1.83. The number of benzene rings is 1. The Morgan fingerprint density at radius 2 is 1.36 bits per heavy atom. The summed E-state index contributed by atoms with van der Waals surface area (Å²) in [4.78, 5) is 36.7. The van der Waals surface area contributed by atoms with E-state index in [1.54, 1.807) is 0 Å². The molecule has 0 radical (unpaired) electrons. The zero-order chi connectivity index (χ0) is 16.9. The molecule has 1 aliphatic rings. The quantitative estimate of drug-likeness (QED) is 0.344. The van der Waals surface area contributed by atoms with Gasteiger partial charge in [0, 0.05) is 17.9 Å². The molecule has 1 aromatic rings. The van der Waals surface area contributed by atoms with Crippen LogP contribution in [-0.2, 0) is 4.79 Å². The molecule has 1 heterocycles. The van der Waals surface area contributed by atoms with Gasteiger partial charge in [-0.05, 0) is 70.6 Å². The van der Waals surface area contributed by atoms with Gasteiger partial charge in [0.15, 0.2) is 0 Å². The molecule has 1 aliphatic heterocycles. The number of carbonyl (C=O) groups is 3. The van der Waals surface area contributed by atoms with E-state index in [-0.39, 0.29) is 11.1 Å². The Morgan fingerprint density at radius 1 is 1.00 bits per heavy atom. The molecule has 0 saturated heterocycles. The summed E-state index contributed by atoms with van der Waals surface area (Å²) in [5.41, 5.74) is 0.0256. The second-order valence-electron chi connectivity index (χ2n) is 4.49. The fourth-order valence-corrected chi connectivity index (χ4v) is 4.59. The van der Waals surface area contributed by atoms with Crippen molar-refractivity contribution in [3.8, 4) is 0 Å². The number of imide groups is 1. The van der Waals surface area contributed by atoms with Crippen LogP contribution in [0.5, 0.6) is 0 Å². The summed E-state index contributed by atoms with van der Waals surface area (Å²) in [7, 11) is 0. The van der Waals surface area contributed by atoms with E-state index in [4.69, 9.17) is 0 Å². The van der Waals surface area contributed by atoms with Crippen LogP contribution in [0.1, 0.15) is 27.6 Å². The largest absolute Gasteiger partial charge is 0.548 e. The van der Waals surface area contributed by atoms with Gasteiger partial charge in [0.25, 0.3) is 11.8 Å². The van der Waals surface area contributed by atoms with Crippen LogP contribution < -0.4 is 5.11 Å². The van der Waals surface area contributed by atoms with Crippen molar-refractivity contribution in [3.63, 3.8) is 0 Å². The number of hydrogen-bond acceptors (Lipinski definition) is 5. The van der Waals surface area contributed by atoms with Gasteiger partial charge in [0.1, 0.15) is 6.04 Å². The number of carboxylic acid groups (broad SMARTS) is 1. The normalized spacial score (nSPS) is 16.7. The van der Waals surface area contributed by atoms with Gasteiger partial charge >= 0.3 is 0 Å². The number of halogens is 4. The molecule has 0 bridgehead atoms. The van der Waals surface area contributed by atoms with E-state index in [9.17, 15) is 24.6 Å². The number of carboxylic acids is 1. The van der Waals surface area contributed by atoms with Crippen molar-refractivity contribution in [2.24, 2.45) is 0 Å². The predicted molar refractivity (Wildman–Crippen MR) is 88.2 cm³/mol. The molecule has 0 fully saturated rings. The Hall–Kier alpha value is -0.290. The molecule has 0 aliphatic carbocycles. The Labute approximate surface area is 158 Å². The van der Waals surface area contributed by atoms with Crippen LogP contribution in [0.4, 0.5) is 0 Å². The summed E-state index contributed by atoms with van der Waals surface area (Å²) < 4.78 is 1.59. The second kappa shape index (κ2) is 6.31. The van der Waals surface area contributed by atoms with E-state index >= 15 is 0 Å². The number of hydrogen-bond donors (Lipinski definition) is 1. The molecule has 0 aromatic heterocycles. The van der Waals surface area contributed by atoms with Crippen LogP contribution in [0.25, 0.3) is 0 Å². The minimum absolute atomic E-state index is 0.0128. The molecular formula is C12H6Br4NO5-. The maximum absolute atomic E-state index is 12.5. The van der Waals surface area contributed by atoms with Crippen LogP contribution in [0.2, 0.25) is 0 Å². The van der Waals surface area contributed by atoms with Gasteiger partial charge in [0.2, 0.25) is 0 Å². The minimum Gasteiger partial charge on any atom is -0.548 e. The van der Waals surface area contributed by atoms with Crippen molar-refractivity contribution in [2.75, 3.05) is 0 Å². The molecule has 6 nitrogen and oxygen atoms in total. The van der Waals surface area contributed by atoms with Gasteiger partial charge in [-0.15, -0.1) is 0 Å². The summed E-state index contributed by atoms with van der Waals surface area (Å²) in [5, 5.41) is 20.8. The second-order valence-corrected chi connectivity index (χ2v) is 7.66. The van der Waals surface area contributed by atoms with Gasteiger partial charge < -0.3 is 15.0 Å². The van der Waals surface area contributed by atoms with Crippen molar-refractivity contribution < 1.29 is 24.6 Å². The molecule has 0 saturated carbocycles. The molecule has 2 atom stereocenters. The van der Waals surface area contributed by atoms with Crippen LogP contribution >= 0.6 is 63.7 Å². The smallest absolute Gasteiger partial charge is 0.263 e. The van der Waals surface area contributed by atoms with Gasteiger partial charge in [-0.2, -0.15) is 0 Å². The number of aliphatic carboxylic acids is 1. The Balaban J connectivity index is 2.71. The number of amides is 2. The highest BCUT2D eigenvalue weighted by atomic mass is 79.9. The number of nitrogens with zero attached hydrogens (tertiary/aromatic N) is 1. The Morgan fingerprint density at radius 3 is 1.64 bits per heavy atom. The fourth-order valence-electron chi connectivity index (χ4n) is 2.14. The summed E-state index contributed by atoms with van der Waals surface area (Å²) in [6.45, 7) is 1.17. The maximum atomic E-state index is 12.5. The monoisotopic (exact) mass is 560 g/mol. The molecule has 2 rings (SSSR count). The summed E-state index contributed by atoms with van der Waals surface area (Å²) in [6, 6.07) is -1.77. The average molecular weight is 564 g/mol. The lowest BCUT2D eigenvalue weighted by Crippen LogP contribution is -2.55. The lowest BCUT2D eigenvalue weighted by Gasteiger charge is -2.29.